The number of halogens is 1. The third-order valence-corrected chi connectivity index (χ3v) is 9.16. The van der Waals surface area contributed by atoms with Crippen molar-refractivity contribution in [2.45, 2.75) is 45.7 Å². The van der Waals surface area contributed by atoms with Crippen LogP contribution in [0.15, 0.2) is 53.6 Å². The number of piperazine rings is 1. The minimum Gasteiger partial charge on any atom is -0.341 e. The molecule has 1 N–H and O–H groups in total. The quantitative estimate of drug-likeness (QED) is 0.315. The highest BCUT2D eigenvalue weighted by Crippen LogP contribution is 2.33. The third-order valence-electron chi connectivity index (χ3n) is 8.84. The van der Waals surface area contributed by atoms with Crippen molar-refractivity contribution in [3.8, 4) is 11.1 Å². The Hall–Kier alpha value is -3.86. The molecule has 1 amide bonds. The molecule has 1 atom stereocenters. The number of carbonyl (C=O) groups is 1. The average Bonchev–Trinajstić information content (AvgIpc) is 3.04. The van der Waals surface area contributed by atoms with Gasteiger partial charge in [0.2, 0.25) is 11.9 Å². The molecule has 10 nitrogen and oxygen atoms in total. The first-order chi connectivity index (χ1) is 21.3. The number of rotatable bonds is 7. The van der Waals surface area contributed by atoms with Crippen LogP contribution in [0.25, 0.3) is 22.2 Å². The molecule has 2 saturated heterocycles. The van der Waals surface area contributed by atoms with Gasteiger partial charge in [0.05, 0.1) is 11.6 Å². The lowest BCUT2D eigenvalue weighted by Crippen LogP contribution is -2.43. The van der Waals surface area contributed by atoms with Gasteiger partial charge in [-0.05, 0) is 50.1 Å². The third kappa shape index (κ3) is 6.20. The summed E-state index contributed by atoms with van der Waals surface area (Å²) in [5.41, 5.74) is 3.49. The molecule has 2 fully saturated rings. The molecule has 230 valence electrons. The van der Waals surface area contributed by atoms with Crippen LogP contribution in [-0.2, 0) is 11.3 Å². The first-order valence-electron chi connectivity index (χ1n) is 15.4. The number of fused-ring (bicyclic) bond motifs is 1. The number of benzene rings is 1. The second-order valence-corrected chi connectivity index (χ2v) is 12.2. The molecule has 1 aromatic carbocycles. The van der Waals surface area contributed by atoms with Gasteiger partial charge in [0.25, 0.3) is 5.56 Å². The van der Waals surface area contributed by atoms with Gasteiger partial charge in [0.15, 0.2) is 0 Å². The van der Waals surface area contributed by atoms with Crippen molar-refractivity contribution < 1.29 is 4.79 Å². The van der Waals surface area contributed by atoms with Gasteiger partial charge in [-0.25, -0.2) is 9.97 Å². The first-order valence-corrected chi connectivity index (χ1v) is 15.8. The second kappa shape index (κ2) is 13.0. The normalized spacial score (nSPS) is 18.1. The molecule has 0 radical (unpaired) electrons. The summed E-state index contributed by atoms with van der Waals surface area (Å²) >= 11 is 6.61. The van der Waals surface area contributed by atoms with Crippen molar-refractivity contribution in [1.82, 2.24) is 34.2 Å². The number of piperidine rings is 1. The number of hydrogen-bond donors (Lipinski definition) is 1. The molecule has 0 spiro atoms. The Kier molecular flexibility index (Phi) is 8.93. The van der Waals surface area contributed by atoms with Crippen molar-refractivity contribution in [1.29, 1.82) is 0 Å². The van der Waals surface area contributed by atoms with Gasteiger partial charge >= 0.3 is 0 Å². The molecule has 4 aromatic rings. The largest absolute Gasteiger partial charge is 0.341 e. The minimum absolute atomic E-state index is 0.0876. The van der Waals surface area contributed by atoms with E-state index in [0.717, 1.165) is 62.1 Å². The second-order valence-electron chi connectivity index (χ2n) is 11.8. The van der Waals surface area contributed by atoms with E-state index in [1.165, 1.54) is 0 Å². The van der Waals surface area contributed by atoms with Crippen molar-refractivity contribution in [2.24, 2.45) is 0 Å². The average molecular weight is 615 g/mol. The van der Waals surface area contributed by atoms with E-state index < -0.39 is 0 Å². The number of anilines is 2. The maximum Gasteiger partial charge on any atom is 0.260 e. The zero-order valence-electron chi connectivity index (χ0n) is 25.6. The number of aromatic nitrogens is 4. The van der Waals surface area contributed by atoms with Crippen molar-refractivity contribution >= 4 is 40.3 Å². The highest BCUT2D eigenvalue weighted by Gasteiger charge is 2.29. The summed E-state index contributed by atoms with van der Waals surface area (Å²) in [4.78, 5) is 47.8. The predicted molar refractivity (Wildman–Crippen MR) is 174 cm³/mol. The van der Waals surface area contributed by atoms with E-state index >= 15 is 0 Å². The Morgan fingerprint density at radius 3 is 2.57 bits per heavy atom. The van der Waals surface area contributed by atoms with Crippen LogP contribution in [-0.4, -0.2) is 86.4 Å². The standard InChI is InChI=1S/C33H39ClN8O2/c1-4-29(43)41-13-7-8-24(21-41)42-31-26(22(2)30(32(42)44)25-9-5-6-10-27(25)34)19-36-33(38-31)37-28-12-11-23(18-35-28)20-40-16-14-39(3)15-17-40/h5-6,9-12,18-19,24H,4,7-8,13-17,20-21H2,1-3H3,(H,35,36,37,38). The van der Waals surface area contributed by atoms with Gasteiger partial charge in [-0.3, -0.25) is 19.1 Å². The van der Waals surface area contributed by atoms with Crippen molar-refractivity contribution in [3.63, 3.8) is 0 Å². The van der Waals surface area contributed by atoms with Crippen molar-refractivity contribution in [2.75, 3.05) is 51.6 Å². The lowest BCUT2D eigenvalue weighted by atomic mass is 9.98. The number of pyridine rings is 2. The maximum absolute atomic E-state index is 14.4. The number of carbonyl (C=O) groups excluding carboxylic acids is 1. The zero-order valence-corrected chi connectivity index (χ0v) is 26.3. The molecule has 0 bridgehead atoms. The maximum atomic E-state index is 14.4. The number of likely N-dealkylation sites (tertiary alicyclic amines) is 1. The Morgan fingerprint density at radius 1 is 1.05 bits per heavy atom. The lowest BCUT2D eigenvalue weighted by molar-refractivity contribution is -0.132. The molecular formula is C33H39ClN8O2. The van der Waals surface area contributed by atoms with Crippen LogP contribution < -0.4 is 10.9 Å². The van der Waals surface area contributed by atoms with Gasteiger partial charge in [0, 0.05) is 80.6 Å². The van der Waals surface area contributed by atoms with Crippen molar-refractivity contribution in [3.05, 3.63) is 75.3 Å². The Balaban J connectivity index is 1.36. The van der Waals surface area contributed by atoms with Gasteiger partial charge in [0.1, 0.15) is 11.5 Å². The van der Waals surface area contributed by atoms with Crippen LogP contribution in [0.1, 0.15) is 43.4 Å². The van der Waals surface area contributed by atoms with Crippen LogP contribution in [0.3, 0.4) is 0 Å². The number of amides is 1. The summed E-state index contributed by atoms with van der Waals surface area (Å²) < 4.78 is 1.76. The highest BCUT2D eigenvalue weighted by molar-refractivity contribution is 6.33. The molecule has 44 heavy (non-hydrogen) atoms. The molecule has 2 aliphatic rings. The fraction of sp³-hybridized carbons (Fsp3) is 0.424. The zero-order chi connectivity index (χ0) is 30.8. The van der Waals surface area contributed by atoms with E-state index in [1.807, 2.05) is 49.2 Å². The molecule has 6 rings (SSSR count). The summed E-state index contributed by atoms with van der Waals surface area (Å²) in [7, 11) is 2.16. The van der Waals surface area contributed by atoms with Gasteiger partial charge in [-0.15, -0.1) is 0 Å². The Morgan fingerprint density at radius 2 is 1.84 bits per heavy atom. The van der Waals surface area contributed by atoms with E-state index in [1.54, 1.807) is 16.8 Å². The summed E-state index contributed by atoms with van der Waals surface area (Å²) in [6, 6.07) is 11.2. The van der Waals surface area contributed by atoms with Gasteiger partial charge in [-0.2, -0.15) is 4.98 Å². The SMILES string of the molecule is CCC(=O)N1CCCC(n2c(=O)c(-c3ccccc3Cl)c(C)c3cnc(Nc4ccc(CN5CCN(C)CC5)cn4)nc32)C1. The number of likely N-dealkylation sites (N-methyl/N-ethyl adjacent to an activating group) is 1. The summed E-state index contributed by atoms with van der Waals surface area (Å²) in [5.74, 6) is 1.07. The number of aryl methyl sites for hydroxylation is 1. The lowest BCUT2D eigenvalue weighted by Gasteiger charge is -2.34. The van der Waals surface area contributed by atoms with E-state index in [9.17, 15) is 9.59 Å². The number of hydrogen-bond acceptors (Lipinski definition) is 8. The Labute approximate surface area is 262 Å². The summed E-state index contributed by atoms with van der Waals surface area (Å²) in [5, 5.41) is 4.51. The molecular weight excluding hydrogens is 576 g/mol. The van der Waals surface area contributed by atoms with Gasteiger partial charge < -0.3 is 15.1 Å². The van der Waals surface area contributed by atoms with Crippen LogP contribution >= 0.6 is 11.6 Å². The van der Waals surface area contributed by atoms with E-state index in [2.05, 4.69) is 38.2 Å². The first kappa shape index (κ1) is 30.2. The molecule has 3 aromatic heterocycles. The summed E-state index contributed by atoms with van der Waals surface area (Å²) in [6.07, 6.45) is 5.64. The molecule has 0 saturated carbocycles. The van der Waals surface area contributed by atoms with E-state index in [-0.39, 0.29) is 17.5 Å². The van der Waals surface area contributed by atoms with Crippen LogP contribution in [0.5, 0.6) is 0 Å². The molecule has 0 aliphatic carbocycles. The van der Waals surface area contributed by atoms with E-state index in [0.29, 0.717) is 53.1 Å². The van der Waals surface area contributed by atoms with Crippen LogP contribution in [0.2, 0.25) is 5.02 Å². The monoisotopic (exact) mass is 614 g/mol. The van der Waals surface area contributed by atoms with Crippen LogP contribution in [0.4, 0.5) is 11.8 Å². The number of nitrogens with zero attached hydrogens (tertiary/aromatic N) is 7. The molecule has 2 aliphatic heterocycles. The minimum atomic E-state index is -0.231. The molecule has 1 unspecified atom stereocenters. The van der Waals surface area contributed by atoms with Crippen LogP contribution in [0, 0.1) is 6.92 Å². The fourth-order valence-electron chi connectivity index (χ4n) is 6.30. The Bertz CT molecular complexity index is 1720. The van der Waals surface area contributed by atoms with E-state index in [4.69, 9.17) is 16.6 Å². The number of nitrogens with one attached hydrogen (secondary N) is 1. The highest BCUT2D eigenvalue weighted by atomic mass is 35.5. The fourth-order valence-corrected chi connectivity index (χ4v) is 6.53. The smallest absolute Gasteiger partial charge is 0.260 e. The summed E-state index contributed by atoms with van der Waals surface area (Å²) in [6.45, 7) is 10.0. The molecule has 11 heteroatoms. The molecule has 5 heterocycles. The van der Waals surface area contributed by atoms with Gasteiger partial charge in [-0.1, -0.05) is 42.8 Å². The topological polar surface area (TPSA) is 99.5 Å². The predicted octanol–water partition coefficient (Wildman–Crippen LogP) is 4.88.